The van der Waals surface area contributed by atoms with Crippen molar-refractivity contribution in [1.82, 2.24) is 5.32 Å². The lowest BCUT2D eigenvalue weighted by Gasteiger charge is -2.16. The van der Waals surface area contributed by atoms with Crippen LogP contribution < -0.4 is 5.32 Å². The van der Waals surface area contributed by atoms with Gasteiger partial charge in [0.05, 0.1) is 12.6 Å². The summed E-state index contributed by atoms with van der Waals surface area (Å²) >= 11 is 0. The molecule has 94 valence electrons. The van der Waals surface area contributed by atoms with Crippen LogP contribution in [-0.2, 0) is 16.0 Å². The van der Waals surface area contributed by atoms with Gasteiger partial charge < -0.3 is 15.2 Å². The first-order chi connectivity index (χ1) is 8.26. The summed E-state index contributed by atoms with van der Waals surface area (Å²) < 4.78 is 5.00. The van der Waals surface area contributed by atoms with Crippen molar-refractivity contribution in [3.05, 3.63) is 35.9 Å². The molecule has 0 fully saturated rings. The highest BCUT2D eigenvalue weighted by Gasteiger charge is 2.11. The van der Waals surface area contributed by atoms with Gasteiger partial charge in [0.2, 0.25) is 5.91 Å². The summed E-state index contributed by atoms with van der Waals surface area (Å²) in [6, 6.07) is 9.49. The molecular formula is C13H19NO3. The van der Waals surface area contributed by atoms with Crippen molar-refractivity contribution < 1.29 is 14.6 Å². The largest absolute Gasteiger partial charge is 0.394 e. The van der Waals surface area contributed by atoms with Crippen LogP contribution in [0.4, 0.5) is 0 Å². The van der Waals surface area contributed by atoms with Gasteiger partial charge in [-0.15, -0.1) is 0 Å². The molecule has 0 bridgehead atoms. The van der Waals surface area contributed by atoms with Crippen molar-refractivity contribution >= 4 is 5.91 Å². The number of aliphatic hydroxyl groups excluding tert-OH is 1. The van der Waals surface area contributed by atoms with Crippen molar-refractivity contribution in [2.24, 2.45) is 0 Å². The quantitative estimate of drug-likeness (QED) is 0.735. The number of hydrogen-bond acceptors (Lipinski definition) is 3. The maximum absolute atomic E-state index is 11.4. The Labute approximate surface area is 102 Å². The monoisotopic (exact) mass is 237 g/mol. The van der Waals surface area contributed by atoms with Gasteiger partial charge in [0.15, 0.2) is 0 Å². The topological polar surface area (TPSA) is 58.6 Å². The Hall–Kier alpha value is -1.39. The lowest BCUT2D eigenvalue weighted by atomic mass is 10.1. The number of rotatable bonds is 7. The number of carbonyl (C=O) groups is 1. The molecule has 0 aliphatic heterocycles. The number of nitrogens with one attached hydrogen (secondary N) is 1. The molecule has 4 heteroatoms. The van der Waals surface area contributed by atoms with Gasteiger partial charge in [0.1, 0.15) is 6.61 Å². The molecule has 1 aromatic carbocycles. The highest BCUT2D eigenvalue weighted by molar-refractivity contribution is 5.77. The summed E-state index contributed by atoms with van der Waals surface area (Å²) in [7, 11) is 0. The van der Waals surface area contributed by atoms with E-state index in [0.29, 0.717) is 13.0 Å². The second-order valence-corrected chi connectivity index (χ2v) is 3.77. The van der Waals surface area contributed by atoms with Crippen molar-refractivity contribution in [2.45, 2.75) is 19.4 Å². The van der Waals surface area contributed by atoms with E-state index >= 15 is 0 Å². The molecule has 1 unspecified atom stereocenters. The molecular weight excluding hydrogens is 218 g/mol. The molecule has 1 aromatic rings. The molecule has 0 aliphatic rings. The maximum atomic E-state index is 11.4. The Morgan fingerprint density at radius 3 is 2.71 bits per heavy atom. The first-order valence-electron chi connectivity index (χ1n) is 5.78. The summed E-state index contributed by atoms with van der Waals surface area (Å²) in [5.74, 6) is -0.193. The van der Waals surface area contributed by atoms with Crippen LogP contribution >= 0.6 is 0 Å². The molecule has 2 N–H and O–H groups in total. The third-order valence-electron chi connectivity index (χ3n) is 2.35. The van der Waals surface area contributed by atoms with Crippen molar-refractivity contribution in [2.75, 3.05) is 19.8 Å². The Bertz CT molecular complexity index is 327. The molecule has 0 spiro atoms. The summed E-state index contributed by atoms with van der Waals surface area (Å²) in [6.07, 6.45) is 0.620. The zero-order chi connectivity index (χ0) is 12.5. The first kappa shape index (κ1) is 13.7. The van der Waals surface area contributed by atoms with Gasteiger partial charge in [-0.25, -0.2) is 0 Å². The minimum absolute atomic E-state index is 0.0434. The van der Waals surface area contributed by atoms with Gasteiger partial charge in [-0.2, -0.15) is 0 Å². The van der Waals surface area contributed by atoms with Crippen LogP contribution in [0.1, 0.15) is 12.5 Å². The van der Waals surface area contributed by atoms with Gasteiger partial charge in [0.25, 0.3) is 0 Å². The molecule has 1 amide bonds. The lowest BCUT2D eigenvalue weighted by Crippen LogP contribution is -2.41. The maximum Gasteiger partial charge on any atom is 0.246 e. The van der Waals surface area contributed by atoms with Gasteiger partial charge in [-0.05, 0) is 18.9 Å². The second-order valence-electron chi connectivity index (χ2n) is 3.77. The zero-order valence-corrected chi connectivity index (χ0v) is 10.1. The van der Waals surface area contributed by atoms with E-state index < -0.39 is 0 Å². The van der Waals surface area contributed by atoms with Crippen molar-refractivity contribution in [1.29, 1.82) is 0 Å². The van der Waals surface area contributed by atoms with Crippen LogP contribution in [0, 0.1) is 0 Å². The first-order valence-corrected chi connectivity index (χ1v) is 5.78. The predicted octanol–water partition coefficient (Wildman–Crippen LogP) is 0.743. The normalized spacial score (nSPS) is 12.1. The number of benzene rings is 1. The van der Waals surface area contributed by atoms with E-state index in [2.05, 4.69) is 5.32 Å². The van der Waals surface area contributed by atoms with E-state index in [4.69, 9.17) is 4.74 Å². The zero-order valence-electron chi connectivity index (χ0n) is 10.1. The molecule has 0 saturated carbocycles. The summed E-state index contributed by atoms with van der Waals surface area (Å²) in [4.78, 5) is 11.4. The molecule has 0 heterocycles. The highest BCUT2D eigenvalue weighted by Crippen LogP contribution is 2.02. The fraction of sp³-hybridized carbons (Fsp3) is 0.462. The van der Waals surface area contributed by atoms with Crippen molar-refractivity contribution in [3.63, 3.8) is 0 Å². The number of hydrogen-bond donors (Lipinski definition) is 2. The van der Waals surface area contributed by atoms with E-state index in [1.165, 1.54) is 0 Å². The number of ether oxygens (including phenoxy) is 1. The van der Waals surface area contributed by atoms with Gasteiger partial charge >= 0.3 is 0 Å². The van der Waals surface area contributed by atoms with Crippen LogP contribution in [-0.4, -0.2) is 36.9 Å². The summed E-state index contributed by atoms with van der Waals surface area (Å²) in [6.45, 7) is 2.31. The van der Waals surface area contributed by atoms with Gasteiger partial charge in [-0.3, -0.25) is 4.79 Å². The molecule has 4 nitrogen and oxygen atoms in total. The van der Waals surface area contributed by atoms with Crippen LogP contribution in [0.25, 0.3) is 0 Å². The molecule has 17 heavy (non-hydrogen) atoms. The molecule has 0 aliphatic carbocycles. The van der Waals surface area contributed by atoms with E-state index in [-0.39, 0.29) is 25.2 Å². The van der Waals surface area contributed by atoms with Crippen LogP contribution in [0.15, 0.2) is 30.3 Å². The SMILES string of the molecule is CCOCC(=O)NC(CO)Cc1ccccc1. The number of carbonyl (C=O) groups excluding carboxylic acids is 1. The minimum atomic E-state index is -0.259. The van der Waals surface area contributed by atoms with E-state index in [1.807, 2.05) is 37.3 Å². The van der Waals surface area contributed by atoms with Gasteiger partial charge in [0, 0.05) is 6.61 Å². The predicted molar refractivity (Wildman–Crippen MR) is 65.7 cm³/mol. The Morgan fingerprint density at radius 1 is 1.41 bits per heavy atom. The minimum Gasteiger partial charge on any atom is -0.394 e. The van der Waals surface area contributed by atoms with Crippen LogP contribution in [0.2, 0.25) is 0 Å². The van der Waals surface area contributed by atoms with Crippen molar-refractivity contribution in [3.8, 4) is 0 Å². The standard InChI is InChI=1S/C13H19NO3/c1-2-17-10-13(16)14-12(9-15)8-11-6-4-3-5-7-11/h3-7,12,15H,2,8-10H2,1H3,(H,14,16). The smallest absolute Gasteiger partial charge is 0.246 e. The molecule has 1 rings (SSSR count). The average Bonchev–Trinajstić information content (AvgIpc) is 2.36. The van der Waals surface area contributed by atoms with Crippen LogP contribution in [0.3, 0.4) is 0 Å². The fourth-order valence-corrected chi connectivity index (χ4v) is 1.52. The highest BCUT2D eigenvalue weighted by atomic mass is 16.5. The molecule has 0 radical (unpaired) electrons. The van der Waals surface area contributed by atoms with Gasteiger partial charge in [-0.1, -0.05) is 30.3 Å². The second kappa shape index (κ2) is 7.81. The fourth-order valence-electron chi connectivity index (χ4n) is 1.52. The van der Waals surface area contributed by atoms with E-state index in [1.54, 1.807) is 0 Å². The van der Waals surface area contributed by atoms with E-state index in [0.717, 1.165) is 5.56 Å². The van der Waals surface area contributed by atoms with Crippen LogP contribution in [0.5, 0.6) is 0 Å². The molecule has 0 aromatic heterocycles. The average molecular weight is 237 g/mol. The Balaban J connectivity index is 2.41. The lowest BCUT2D eigenvalue weighted by molar-refractivity contribution is -0.126. The third-order valence-corrected chi connectivity index (χ3v) is 2.35. The van der Waals surface area contributed by atoms with E-state index in [9.17, 15) is 9.90 Å². The molecule has 0 saturated heterocycles. The Kier molecular flexibility index (Phi) is 6.29. The number of aliphatic hydroxyl groups is 1. The number of amides is 1. The summed E-state index contributed by atoms with van der Waals surface area (Å²) in [5.41, 5.74) is 1.09. The molecule has 1 atom stereocenters. The Morgan fingerprint density at radius 2 is 2.12 bits per heavy atom. The third kappa shape index (κ3) is 5.47. The summed E-state index contributed by atoms with van der Waals surface area (Å²) in [5, 5.41) is 11.9.